The van der Waals surface area contributed by atoms with Gasteiger partial charge in [-0.2, -0.15) is 13.2 Å². The molecular formula is C25H34F3NO4. The van der Waals surface area contributed by atoms with Crippen molar-refractivity contribution in [2.75, 3.05) is 20.3 Å². The fraction of sp³-hybridized carbons (Fsp3) is 0.640. The van der Waals surface area contributed by atoms with Crippen LogP contribution in [0.25, 0.3) is 0 Å². The molecular weight excluding hydrogens is 435 g/mol. The number of nitrogens with zero attached hydrogens (tertiary/aromatic N) is 1. The van der Waals surface area contributed by atoms with Crippen molar-refractivity contribution in [3.8, 4) is 0 Å². The molecule has 184 valence electrons. The summed E-state index contributed by atoms with van der Waals surface area (Å²) < 4.78 is 51.1. The molecule has 0 saturated heterocycles. The van der Waals surface area contributed by atoms with Crippen molar-refractivity contribution in [1.82, 2.24) is 4.90 Å². The zero-order chi connectivity index (χ0) is 24.0. The lowest BCUT2D eigenvalue weighted by atomic mass is 9.80. The first-order valence-corrected chi connectivity index (χ1v) is 11.8. The molecule has 33 heavy (non-hydrogen) atoms. The van der Waals surface area contributed by atoms with Gasteiger partial charge in [-0.3, -0.25) is 4.79 Å². The number of carbonyl (C=O) groups is 1. The number of alkyl halides is 3. The van der Waals surface area contributed by atoms with Crippen molar-refractivity contribution in [3.63, 3.8) is 0 Å². The minimum atomic E-state index is -4.42. The Kier molecular flexibility index (Phi) is 8.82. The summed E-state index contributed by atoms with van der Waals surface area (Å²) in [6, 6.07) is 5.19. The topological polar surface area (TPSA) is 59.0 Å². The van der Waals surface area contributed by atoms with E-state index >= 15 is 0 Å². The Bertz CT molecular complexity index is 803. The number of likely N-dealkylation sites (N-methyl/N-ethyl adjacent to an activating group) is 1. The third-order valence-corrected chi connectivity index (χ3v) is 6.69. The molecule has 0 spiro atoms. The molecule has 0 unspecified atom stereocenters. The molecule has 3 rings (SSSR count). The predicted molar refractivity (Wildman–Crippen MR) is 118 cm³/mol. The zero-order valence-corrected chi connectivity index (χ0v) is 19.3. The summed E-state index contributed by atoms with van der Waals surface area (Å²) in [5.74, 6) is -0.677. The van der Waals surface area contributed by atoms with Crippen molar-refractivity contribution in [1.29, 1.82) is 0 Å². The van der Waals surface area contributed by atoms with Gasteiger partial charge in [0.1, 0.15) is 0 Å². The summed E-state index contributed by atoms with van der Waals surface area (Å²) in [6.45, 7) is 2.17. The molecule has 1 fully saturated rings. The van der Waals surface area contributed by atoms with Gasteiger partial charge in [0.15, 0.2) is 5.76 Å². The third kappa shape index (κ3) is 6.29. The fourth-order valence-electron chi connectivity index (χ4n) is 4.84. The average Bonchev–Trinajstić information content (AvgIpc) is 2.82. The average molecular weight is 470 g/mol. The van der Waals surface area contributed by atoms with Crippen LogP contribution >= 0.6 is 0 Å². The van der Waals surface area contributed by atoms with Crippen LogP contribution in [0.2, 0.25) is 0 Å². The van der Waals surface area contributed by atoms with Crippen LogP contribution in [-0.4, -0.2) is 48.5 Å². The number of allylic oxidation sites excluding steroid dienone is 1. The van der Waals surface area contributed by atoms with Gasteiger partial charge in [-0.1, -0.05) is 31.4 Å². The molecule has 0 aromatic heterocycles. The first-order chi connectivity index (χ1) is 15.8. The maximum absolute atomic E-state index is 13.3. The van der Waals surface area contributed by atoms with Gasteiger partial charge < -0.3 is 19.5 Å². The standard InChI is InChI=1S/C25H34F3NO4/c1-3-32-24-20(10-7-15-30)21(17-11-13-18(14-12-17)25(26,27)28)16-22(33-24)23(31)29(2)19-8-5-4-6-9-19/h11-14,16,19-21,24,30H,3-10,15H2,1-2H3/t20-,21+,24+/m1/s1. The van der Waals surface area contributed by atoms with Crippen molar-refractivity contribution < 1.29 is 32.5 Å². The molecule has 1 aliphatic heterocycles. The number of ether oxygens (including phenoxy) is 2. The number of aliphatic hydroxyl groups is 1. The minimum absolute atomic E-state index is 0.0189. The predicted octanol–water partition coefficient (Wildman–Crippen LogP) is 5.25. The third-order valence-electron chi connectivity index (χ3n) is 6.69. The van der Waals surface area contributed by atoms with Gasteiger partial charge in [-0.15, -0.1) is 0 Å². The summed E-state index contributed by atoms with van der Waals surface area (Å²) in [6.07, 6.45) is 2.86. The van der Waals surface area contributed by atoms with Crippen molar-refractivity contribution in [2.24, 2.45) is 5.92 Å². The van der Waals surface area contributed by atoms with Crippen molar-refractivity contribution >= 4 is 5.91 Å². The first-order valence-electron chi connectivity index (χ1n) is 11.8. The lowest BCUT2D eigenvalue weighted by molar-refractivity contribution is -0.170. The quantitative estimate of drug-likeness (QED) is 0.565. The maximum atomic E-state index is 13.3. The van der Waals surface area contributed by atoms with E-state index in [9.17, 15) is 23.1 Å². The van der Waals surface area contributed by atoms with Crippen molar-refractivity contribution in [2.45, 2.75) is 76.3 Å². The number of carbonyl (C=O) groups excluding carboxylic acids is 1. The maximum Gasteiger partial charge on any atom is 0.416 e. The van der Waals surface area contributed by atoms with Crippen molar-refractivity contribution in [3.05, 3.63) is 47.2 Å². The van der Waals surface area contributed by atoms with Gasteiger partial charge in [0.2, 0.25) is 6.29 Å². The number of hydrogen-bond acceptors (Lipinski definition) is 4. The normalized spacial score (nSPS) is 24.2. The van der Waals surface area contributed by atoms with Crippen LogP contribution in [0.5, 0.6) is 0 Å². The van der Waals surface area contributed by atoms with Gasteiger partial charge in [-0.25, -0.2) is 0 Å². The van der Waals surface area contributed by atoms with Crippen LogP contribution in [-0.2, 0) is 20.4 Å². The van der Waals surface area contributed by atoms with Gasteiger partial charge in [-0.05, 0) is 56.4 Å². The molecule has 1 aromatic carbocycles. The Balaban J connectivity index is 1.93. The monoisotopic (exact) mass is 469 g/mol. The molecule has 5 nitrogen and oxygen atoms in total. The molecule has 1 heterocycles. The number of amides is 1. The van der Waals surface area contributed by atoms with E-state index in [0.29, 0.717) is 25.0 Å². The van der Waals surface area contributed by atoms with Crippen LogP contribution in [0.1, 0.15) is 68.9 Å². The molecule has 1 saturated carbocycles. The molecule has 1 aliphatic carbocycles. The van der Waals surface area contributed by atoms with Gasteiger partial charge in [0.25, 0.3) is 5.91 Å². The second-order valence-corrected chi connectivity index (χ2v) is 8.86. The number of hydrogen-bond donors (Lipinski definition) is 1. The number of rotatable bonds is 8. The minimum Gasteiger partial charge on any atom is -0.459 e. The van der Waals surface area contributed by atoms with E-state index in [1.165, 1.54) is 18.6 Å². The highest BCUT2D eigenvalue weighted by Crippen LogP contribution is 2.41. The highest BCUT2D eigenvalue weighted by molar-refractivity contribution is 5.91. The second kappa shape index (κ2) is 11.4. The smallest absolute Gasteiger partial charge is 0.416 e. The van der Waals surface area contributed by atoms with Crippen LogP contribution in [0, 0.1) is 5.92 Å². The van der Waals surface area contributed by atoms with E-state index in [2.05, 4.69) is 0 Å². The molecule has 2 aliphatic rings. The molecule has 3 atom stereocenters. The highest BCUT2D eigenvalue weighted by Gasteiger charge is 2.39. The molecule has 8 heteroatoms. The van der Waals surface area contributed by atoms with Crippen LogP contribution in [0.3, 0.4) is 0 Å². The number of aliphatic hydroxyl groups excluding tert-OH is 1. The molecule has 1 aromatic rings. The van der Waals surface area contributed by atoms with E-state index < -0.39 is 18.0 Å². The fourth-order valence-corrected chi connectivity index (χ4v) is 4.84. The summed E-state index contributed by atoms with van der Waals surface area (Å²) in [4.78, 5) is 15.0. The zero-order valence-electron chi connectivity index (χ0n) is 19.3. The Hall–Kier alpha value is -2.06. The number of halogens is 3. The van der Waals surface area contributed by atoms with Gasteiger partial charge in [0, 0.05) is 38.1 Å². The molecule has 1 N–H and O–H groups in total. The van der Waals surface area contributed by atoms with Crippen LogP contribution in [0.4, 0.5) is 13.2 Å². The molecule has 1 amide bonds. The van der Waals surface area contributed by atoms with Gasteiger partial charge >= 0.3 is 6.18 Å². The van der Waals surface area contributed by atoms with E-state index in [-0.39, 0.29) is 36.2 Å². The van der Waals surface area contributed by atoms with E-state index in [0.717, 1.165) is 37.8 Å². The highest BCUT2D eigenvalue weighted by atomic mass is 19.4. The summed E-state index contributed by atoms with van der Waals surface area (Å²) >= 11 is 0. The lowest BCUT2D eigenvalue weighted by Gasteiger charge is -2.39. The Morgan fingerprint density at radius 2 is 1.85 bits per heavy atom. The molecule has 0 bridgehead atoms. The first kappa shape index (κ1) is 25.6. The Morgan fingerprint density at radius 1 is 1.18 bits per heavy atom. The van der Waals surface area contributed by atoms with Crippen LogP contribution in [0.15, 0.2) is 36.1 Å². The summed E-state index contributed by atoms with van der Waals surface area (Å²) in [5, 5.41) is 9.37. The summed E-state index contributed by atoms with van der Waals surface area (Å²) in [7, 11) is 1.78. The van der Waals surface area contributed by atoms with E-state index in [4.69, 9.17) is 9.47 Å². The van der Waals surface area contributed by atoms with E-state index in [1.807, 2.05) is 6.92 Å². The van der Waals surface area contributed by atoms with E-state index in [1.54, 1.807) is 18.0 Å². The SMILES string of the molecule is CCO[C@H]1OC(C(=O)N(C)C2CCCCC2)=C[C@@H](c2ccc(C(F)(F)F)cc2)[C@H]1CCCO. The van der Waals surface area contributed by atoms with Gasteiger partial charge in [0.05, 0.1) is 5.56 Å². The number of benzene rings is 1. The lowest BCUT2D eigenvalue weighted by Crippen LogP contribution is -2.43. The van der Waals surface area contributed by atoms with Crippen LogP contribution < -0.4 is 0 Å². The summed E-state index contributed by atoms with van der Waals surface area (Å²) in [5.41, 5.74) is -0.0616. The molecule has 0 radical (unpaired) electrons. The Morgan fingerprint density at radius 3 is 2.42 bits per heavy atom. The second-order valence-electron chi connectivity index (χ2n) is 8.86. The largest absolute Gasteiger partial charge is 0.459 e. The Labute approximate surface area is 193 Å².